The van der Waals surface area contributed by atoms with E-state index in [9.17, 15) is 14.4 Å². The van der Waals surface area contributed by atoms with E-state index in [1.165, 1.54) is 6.92 Å². The van der Waals surface area contributed by atoms with Crippen molar-refractivity contribution in [3.8, 4) is 0 Å². The van der Waals surface area contributed by atoms with Crippen molar-refractivity contribution in [2.24, 2.45) is 11.8 Å². The van der Waals surface area contributed by atoms with E-state index in [4.69, 9.17) is 11.6 Å². The lowest BCUT2D eigenvalue weighted by Gasteiger charge is -2.34. The molecule has 2 unspecified atom stereocenters. The third-order valence-electron chi connectivity index (χ3n) is 5.16. The Balaban J connectivity index is 1.56. The molecular formula is C19H24ClN3O3. The Morgan fingerprint density at radius 2 is 1.65 bits per heavy atom. The topological polar surface area (TPSA) is 69.7 Å². The van der Waals surface area contributed by atoms with Crippen molar-refractivity contribution in [3.63, 3.8) is 0 Å². The molecule has 0 spiro atoms. The second-order valence-corrected chi connectivity index (χ2v) is 7.62. The van der Waals surface area contributed by atoms with Crippen molar-refractivity contribution in [1.29, 1.82) is 0 Å². The van der Waals surface area contributed by atoms with Crippen LogP contribution >= 0.6 is 11.6 Å². The van der Waals surface area contributed by atoms with Gasteiger partial charge in [-0.1, -0.05) is 17.7 Å². The lowest BCUT2D eigenvalue weighted by molar-refractivity contribution is -0.139. The molecule has 1 aliphatic heterocycles. The van der Waals surface area contributed by atoms with Gasteiger partial charge in [-0.3, -0.25) is 14.4 Å². The first kappa shape index (κ1) is 18.7. The van der Waals surface area contributed by atoms with Gasteiger partial charge in [0.1, 0.15) is 0 Å². The van der Waals surface area contributed by atoms with E-state index in [0.29, 0.717) is 43.3 Å². The predicted octanol–water partition coefficient (Wildman–Crippen LogP) is 2.22. The Morgan fingerprint density at radius 3 is 2.23 bits per heavy atom. The Bertz CT molecular complexity index is 733. The van der Waals surface area contributed by atoms with Crippen LogP contribution in [0.2, 0.25) is 5.02 Å². The van der Waals surface area contributed by atoms with Gasteiger partial charge in [-0.15, -0.1) is 0 Å². The molecule has 2 atom stereocenters. The molecule has 140 valence electrons. The minimum absolute atomic E-state index is 0.0140. The molecule has 1 aromatic rings. The smallest absolute Gasteiger partial charge is 0.228 e. The molecule has 2 aliphatic rings. The highest BCUT2D eigenvalue weighted by Crippen LogP contribution is 2.41. The lowest BCUT2D eigenvalue weighted by atomic mass is 10.1. The quantitative estimate of drug-likeness (QED) is 0.878. The van der Waals surface area contributed by atoms with E-state index >= 15 is 0 Å². The summed E-state index contributed by atoms with van der Waals surface area (Å²) in [6.07, 6.45) is 0.570. The summed E-state index contributed by atoms with van der Waals surface area (Å²) in [4.78, 5) is 40.0. The summed E-state index contributed by atoms with van der Waals surface area (Å²) in [5.41, 5.74) is 2.57. The maximum atomic E-state index is 12.6. The van der Waals surface area contributed by atoms with E-state index < -0.39 is 0 Å². The second kappa shape index (κ2) is 7.27. The number of carbonyl (C=O) groups excluding carboxylic acids is 3. The van der Waals surface area contributed by atoms with Gasteiger partial charge in [0, 0.05) is 33.1 Å². The molecular weight excluding hydrogens is 354 g/mol. The van der Waals surface area contributed by atoms with Crippen LogP contribution in [0.25, 0.3) is 0 Å². The number of piperazine rings is 1. The minimum atomic E-state index is -0.301. The Hall–Kier alpha value is -2.08. The van der Waals surface area contributed by atoms with Crippen molar-refractivity contribution in [1.82, 2.24) is 9.80 Å². The van der Waals surface area contributed by atoms with Crippen LogP contribution in [0.4, 0.5) is 5.69 Å². The summed E-state index contributed by atoms with van der Waals surface area (Å²) >= 11 is 6.24. The third-order valence-corrected chi connectivity index (χ3v) is 5.46. The Kier molecular flexibility index (Phi) is 5.23. The zero-order valence-corrected chi connectivity index (χ0v) is 16.1. The second-order valence-electron chi connectivity index (χ2n) is 7.21. The minimum Gasteiger partial charge on any atom is -0.339 e. The molecule has 6 nitrogen and oxygen atoms in total. The molecule has 0 bridgehead atoms. The molecule has 3 rings (SSSR count). The molecule has 0 radical (unpaired) electrons. The number of benzene rings is 1. The molecule has 1 saturated carbocycles. The Labute approximate surface area is 158 Å². The number of anilines is 1. The maximum Gasteiger partial charge on any atom is 0.228 e. The summed E-state index contributed by atoms with van der Waals surface area (Å²) in [6.45, 7) is 7.57. The van der Waals surface area contributed by atoms with Crippen molar-refractivity contribution in [3.05, 3.63) is 28.3 Å². The third kappa shape index (κ3) is 3.85. The number of hydrogen-bond acceptors (Lipinski definition) is 3. The molecule has 0 aromatic heterocycles. The molecule has 3 amide bonds. The first-order valence-electron chi connectivity index (χ1n) is 8.90. The van der Waals surface area contributed by atoms with E-state index in [1.807, 2.05) is 26.0 Å². The summed E-state index contributed by atoms with van der Waals surface area (Å²) < 4.78 is 0. The monoisotopic (exact) mass is 377 g/mol. The fourth-order valence-corrected chi connectivity index (χ4v) is 3.89. The zero-order chi connectivity index (χ0) is 19.0. The van der Waals surface area contributed by atoms with Gasteiger partial charge in [-0.25, -0.2) is 0 Å². The van der Waals surface area contributed by atoms with Crippen molar-refractivity contribution in [2.45, 2.75) is 27.2 Å². The predicted molar refractivity (Wildman–Crippen MR) is 100.0 cm³/mol. The number of aryl methyl sites for hydroxylation is 2. The van der Waals surface area contributed by atoms with Gasteiger partial charge in [0.25, 0.3) is 0 Å². The fourth-order valence-electron chi connectivity index (χ4n) is 3.52. The number of halogens is 1. The lowest BCUT2D eigenvalue weighted by Crippen LogP contribution is -2.50. The van der Waals surface area contributed by atoms with Gasteiger partial charge in [-0.05, 0) is 37.5 Å². The van der Waals surface area contributed by atoms with Crippen LogP contribution in [0.3, 0.4) is 0 Å². The van der Waals surface area contributed by atoms with Crippen molar-refractivity contribution < 1.29 is 14.4 Å². The van der Waals surface area contributed by atoms with E-state index in [2.05, 4.69) is 5.32 Å². The summed E-state index contributed by atoms with van der Waals surface area (Å²) in [5, 5.41) is 3.40. The average Bonchev–Trinajstić information content (AvgIpc) is 3.38. The summed E-state index contributed by atoms with van der Waals surface area (Å²) in [5.74, 6) is -0.667. The number of hydrogen-bond donors (Lipinski definition) is 1. The normalized spacial score (nSPS) is 22.2. The van der Waals surface area contributed by atoms with Gasteiger partial charge in [0.2, 0.25) is 17.7 Å². The molecule has 1 saturated heterocycles. The summed E-state index contributed by atoms with van der Waals surface area (Å²) in [7, 11) is 0. The SMILES string of the molecule is CC(=O)N1CCN(C(=O)C2CC2C(=O)Nc2c(C)cc(C)cc2Cl)CC1. The van der Waals surface area contributed by atoms with Crippen molar-refractivity contribution in [2.75, 3.05) is 31.5 Å². The van der Waals surface area contributed by atoms with Crippen LogP contribution in [0, 0.1) is 25.7 Å². The molecule has 2 fully saturated rings. The summed E-state index contributed by atoms with van der Waals surface area (Å²) in [6, 6.07) is 3.78. The Morgan fingerprint density at radius 1 is 1.04 bits per heavy atom. The van der Waals surface area contributed by atoms with Crippen molar-refractivity contribution >= 4 is 35.0 Å². The highest BCUT2D eigenvalue weighted by Gasteiger charge is 2.49. The van der Waals surface area contributed by atoms with E-state index in [0.717, 1.165) is 11.1 Å². The molecule has 1 aromatic carbocycles. The van der Waals surface area contributed by atoms with E-state index in [1.54, 1.807) is 9.80 Å². The molecule has 1 heterocycles. The van der Waals surface area contributed by atoms with Gasteiger partial charge in [0.05, 0.1) is 22.5 Å². The average molecular weight is 378 g/mol. The largest absolute Gasteiger partial charge is 0.339 e. The fraction of sp³-hybridized carbons (Fsp3) is 0.526. The van der Waals surface area contributed by atoms with Gasteiger partial charge < -0.3 is 15.1 Å². The van der Waals surface area contributed by atoms with Crippen LogP contribution in [-0.4, -0.2) is 53.7 Å². The van der Waals surface area contributed by atoms with Crippen LogP contribution in [0.15, 0.2) is 12.1 Å². The number of nitrogens with zero attached hydrogens (tertiary/aromatic N) is 2. The first-order valence-corrected chi connectivity index (χ1v) is 9.27. The number of rotatable bonds is 3. The number of amides is 3. The molecule has 7 heteroatoms. The van der Waals surface area contributed by atoms with Crippen LogP contribution in [-0.2, 0) is 14.4 Å². The molecule has 1 aliphatic carbocycles. The van der Waals surface area contributed by atoms with Crippen LogP contribution in [0.1, 0.15) is 24.5 Å². The van der Waals surface area contributed by atoms with Gasteiger partial charge >= 0.3 is 0 Å². The van der Waals surface area contributed by atoms with Crippen LogP contribution in [0.5, 0.6) is 0 Å². The zero-order valence-electron chi connectivity index (χ0n) is 15.3. The number of carbonyl (C=O) groups is 3. The highest BCUT2D eigenvalue weighted by molar-refractivity contribution is 6.34. The number of nitrogens with one attached hydrogen (secondary N) is 1. The molecule has 26 heavy (non-hydrogen) atoms. The van der Waals surface area contributed by atoms with Gasteiger partial charge in [-0.2, -0.15) is 0 Å². The van der Waals surface area contributed by atoms with E-state index in [-0.39, 0.29) is 29.6 Å². The molecule has 1 N–H and O–H groups in total. The van der Waals surface area contributed by atoms with Gasteiger partial charge in [0.15, 0.2) is 0 Å². The standard InChI is InChI=1S/C19H24ClN3O3/c1-11-8-12(2)17(16(20)9-11)21-18(25)14-10-15(14)19(26)23-6-4-22(5-7-23)13(3)24/h8-9,14-15H,4-7,10H2,1-3H3,(H,21,25). The first-order chi connectivity index (χ1) is 12.3. The highest BCUT2D eigenvalue weighted by atomic mass is 35.5. The van der Waals surface area contributed by atoms with Crippen LogP contribution < -0.4 is 5.32 Å². The maximum absolute atomic E-state index is 12.6.